The number of rotatable bonds is 7. The minimum absolute atomic E-state index is 0.0174. The predicted octanol–water partition coefficient (Wildman–Crippen LogP) is 4.02. The Morgan fingerprint density at radius 1 is 1.06 bits per heavy atom. The lowest BCUT2D eigenvalue weighted by atomic mass is 10.1. The Balaban J connectivity index is 1.34. The molecule has 0 aliphatic rings. The van der Waals surface area contributed by atoms with E-state index in [1.165, 1.54) is 18.2 Å². The zero-order valence-electron chi connectivity index (χ0n) is 20.0. The van der Waals surface area contributed by atoms with Gasteiger partial charge in [-0.2, -0.15) is 0 Å². The van der Waals surface area contributed by atoms with Gasteiger partial charge in [-0.1, -0.05) is 34.6 Å². The molecular weight excluding hydrogens is 467 g/mol. The van der Waals surface area contributed by atoms with Crippen LogP contribution in [0.25, 0.3) is 16.9 Å². The molecule has 0 unspecified atom stereocenters. The van der Waals surface area contributed by atoms with E-state index in [-0.39, 0.29) is 18.8 Å². The van der Waals surface area contributed by atoms with Crippen LogP contribution in [-0.4, -0.2) is 37.8 Å². The maximum Gasteiger partial charge on any atom is 0.407 e. The summed E-state index contributed by atoms with van der Waals surface area (Å²) in [4.78, 5) is 24.3. The summed E-state index contributed by atoms with van der Waals surface area (Å²) in [6.45, 7) is 5.75. The molecule has 2 aromatic carbocycles. The molecule has 11 heteroatoms. The molecule has 0 saturated heterocycles. The van der Waals surface area contributed by atoms with E-state index in [2.05, 4.69) is 26.1 Å². The number of amides is 2. The number of hydrogen-bond acceptors (Lipinski definition) is 7. The average Bonchev–Trinajstić information content (AvgIpc) is 3.51. The SMILES string of the molecule is CC(C)(C)OC(=O)NCc1cn(-c2cccc(CNC(=O)c3cc(-c4cccc(F)c4)no3)c2)nn1. The minimum atomic E-state index is -0.589. The smallest absolute Gasteiger partial charge is 0.407 e. The van der Waals surface area contributed by atoms with Crippen LogP contribution in [0.3, 0.4) is 0 Å². The lowest BCUT2D eigenvalue weighted by molar-refractivity contribution is 0.0522. The molecule has 0 bridgehead atoms. The highest BCUT2D eigenvalue weighted by Crippen LogP contribution is 2.20. The molecule has 0 atom stereocenters. The summed E-state index contributed by atoms with van der Waals surface area (Å²) in [5, 5.41) is 17.4. The topological polar surface area (TPSA) is 124 Å². The first-order valence-electron chi connectivity index (χ1n) is 11.1. The first-order chi connectivity index (χ1) is 17.2. The van der Waals surface area contributed by atoms with Crippen LogP contribution >= 0.6 is 0 Å². The van der Waals surface area contributed by atoms with Crippen LogP contribution in [0, 0.1) is 5.82 Å². The highest BCUT2D eigenvalue weighted by atomic mass is 19.1. The Morgan fingerprint density at radius 3 is 2.64 bits per heavy atom. The maximum atomic E-state index is 13.4. The third-order valence-corrected chi connectivity index (χ3v) is 4.84. The highest BCUT2D eigenvalue weighted by Gasteiger charge is 2.17. The summed E-state index contributed by atoms with van der Waals surface area (Å²) < 4.78 is 25.3. The highest BCUT2D eigenvalue weighted by molar-refractivity contribution is 5.92. The maximum absolute atomic E-state index is 13.4. The van der Waals surface area contributed by atoms with E-state index in [4.69, 9.17) is 9.26 Å². The van der Waals surface area contributed by atoms with Gasteiger partial charge in [-0.3, -0.25) is 4.79 Å². The van der Waals surface area contributed by atoms with Gasteiger partial charge in [0.2, 0.25) is 5.76 Å². The van der Waals surface area contributed by atoms with Crippen molar-refractivity contribution in [1.82, 2.24) is 30.8 Å². The van der Waals surface area contributed by atoms with Crippen molar-refractivity contribution in [3.05, 3.63) is 83.6 Å². The Bertz CT molecular complexity index is 1370. The van der Waals surface area contributed by atoms with Gasteiger partial charge >= 0.3 is 6.09 Å². The van der Waals surface area contributed by atoms with Crippen LogP contribution in [0.4, 0.5) is 9.18 Å². The van der Waals surface area contributed by atoms with Gasteiger partial charge in [0.15, 0.2) is 0 Å². The van der Waals surface area contributed by atoms with Crippen molar-refractivity contribution < 1.29 is 23.2 Å². The van der Waals surface area contributed by atoms with E-state index in [0.29, 0.717) is 17.0 Å². The van der Waals surface area contributed by atoms with E-state index in [0.717, 1.165) is 11.3 Å². The van der Waals surface area contributed by atoms with E-state index in [1.807, 2.05) is 24.3 Å². The summed E-state index contributed by atoms with van der Waals surface area (Å²) >= 11 is 0. The quantitative estimate of drug-likeness (QED) is 0.399. The average molecular weight is 493 g/mol. The van der Waals surface area contributed by atoms with Crippen LogP contribution in [0.1, 0.15) is 42.6 Å². The predicted molar refractivity (Wildman–Crippen MR) is 127 cm³/mol. The van der Waals surface area contributed by atoms with E-state index in [1.54, 1.807) is 43.8 Å². The normalized spacial score (nSPS) is 11.2. The number of hydrogen-bond donors (Lipinski definition) is 2. The molecule has 2 aromatic heterocycles. The van der Waals surface area contributed by atoms with Gasteiger partial charge in [0.1, 0.15) is 22.8 Å². The van der Waals surface area contributed by atoms with E-state index in [9.17, 15) is 14.0 Å². The first kappa shape index (κ1) is 24.6. The third kappa shape index (κ3) is 6.53. The molecule has 2 amide bonds. The molecule has 0 radical (unpaired) electrons. The molecule has 0 aliphatic carbocycles. The Labute approximate surface area is 206 Å². The molecule has 0 spiro atoms. The molecule has 36 heavy (non-hydrogen) atoms. The summed E-state index contributed by atoms with van der Waals surface area (Å²) in [6.07, 6.45) is 1.15. The largest absolute Gasteiger partial charge is 0.444 e. The second kappa shape index (κ2) is 10.4. The summed E-state index contributed by atoms with van der Waals surface area (Å²) in [7, 11) is 0. The summed E-state index contributed by atoms with van der Waals surface area (Å²) in [6, 6.07) is 14.7. The number of carbonyl (C=O) groups is 2. The minimum Gasteiger partial charge on any atom is -0.444 e. The lowest BCUT2D eigenvalue weighted by Crippen LogP contribution is -2.32. The first-order valence-corrected chi connectivity index (χ1v) is 11.1. The molecule has 0 aliphatic heterocycles. The molecule has 186 valence electrons. The number of ether oxygens (including phenoxy) is 1. The van der Waals surface area contributed by atoms with Gasteiger partial charge in [0.05, 0.1) is 18.4 Å². The number of nitrogens with zero attached hydrogens (tertiary/aromatic N) is 4. The Kier molecular flexibility index (Phi) is 7.09. The van der Waals surface area contributed by atoms with Gasteiger partial charge in [-0.25, -0.2) is 13.9 Å². The Morgan fingerprint density at radius 2 is 1.86 bits per heavy atom. The van der Waals surface area contributed by atoms with Crippen molar-refractivity contribution >= 4 is 12.0 Å². The number of halogens is 1. The number of alkyl carbamates (subject to hydrolysis) is 1. The third-order valence-electron chi connectivity index (χ3n) is 4.84. The van der Waals surface area contributed by atoms with Gasteiger partial charge < -0.3 is 19.9 Å². The fraction of sp³-hybridized carbons (Fsp3) is 0.240. The standard InChI is InChI=1S/C25H25FN6O4/c1-25(2,3)35-24(34)28-14-19-15-32(31-29-19)20-9-4-6-16(10-20)13-27-23(33)22-12-21(30-36-22)17-7-5-8-18(26)11-17/h4-12,15H,13-14H2,1-3H3,(H,27,33)(H,28,34). The van der Waals surface area contributed by atoms with Crippen LogP contribution in [0.5, 0.6) is 0 Å². The van der Waals surface area contributed by atoms with E-state index < -0.39 is 23.4 Å². The zero-order valence-corrected chi connectivity index (χ0v) is 20.0. The molecular formula is C25H25FN6O4. The summed E-state index contributed by atoms with van der Waals surface area (Å²) in [5.74, 6) is -0.837. The van der Waals surface area contributed by atoms with Crippen molar-refractivity contribution in [3.8, 4) is 16.9 Å². The monoisotopic (exact) mass is 492 g/mol. The van der Waals surface area contributed by atoms with Gasteiger partial charge in [-0.05, 0) is 50.6 Å². The molecule has 2 heterocycles. The van der Waals surface area contributed by atoms with Crippen LogP contribution in [-0.2, 0) is 17.8 Å². The van der Waals surface area contributed by atoms with Crippen molar-refractivity contribution in [1.29, 1.82) is 0 Å². The van der Waals surface area contributed by atoms with Crippen molar-refractivity contribution in [3.63, 3.8) is 0 Å². The molecule has 0 saturated carbocycles. The van der Waals surface area contributed by atoms with Crippen LogP contribution < -0.4 is 10.6 Å². The fourth-order valence-electron chi connectivity index (χ4n) is 3.23. The number of carbonyl (C=O) groups excluding carboxylic acids is 2. The van der Waals surface area contributed by atoms with Gasteiger partial charge in [-0.15, -0.1) is 5.10 Å². The van der Waals surface area contributed by atoms with E-state index >= 15 is 0 Å². The molecule has 2 N–H and O–H groups in total. The van der Waals surface area contributed by atoms with Crippen molar-refractivity contribution in [2.45, 2.75) is 39.5 Å². The number of nitrogens with one attached hydrogen (secondary N) is 2. The van der Waals surface area contributed by atoms with Gasteiger partial charge in [0, 0.05) is 18.2 Å². The van der Waals surface area contributed by atoms with Gasteiger partial charge in [0.25, 0.3) is 5.91 Å². The Hall–Kier alpha value is -4.54. The second-order valence-electron chi connectivity index (χ2n) is 8.95. The fourth-order valence-corrected chi connectivity index (χ4v) is 3.23. The lowest BCUT2D eigenvalue weighted by Gasteiger charge is -2.19. The molecule has 4 aromatic rings. The van der Waals surface area contributed by atoms with Crippen LogP contribution in [0.2, 0.25) is 0 Å². The molecule has 0 fully saturated rings. The van der Waals surface area contributed by atoms with Crippen LogP contribution in [0.15, 0.2) is 65.3 Å². The molecule has 10 nitrogen and oxygen atoms in total. The summed E-state index contributed by atoms with van der Waals surface area (Å²) in [5.41, 5.74) is 2.39. The number of benzene rings is 2. The second-order valence-corrected chi connectivity index (χ2v) is 8.95. The van der Waals surface area contributed by atoms with Crippen molar-refractivity contribution in [2.24, 2.45) is 0 Å². The zero-order chi connectivity index (χ0) is 25.7. The number of aromatic nitrogens is 4. The molecule has 4 rings (SSSR count). The van der Waals surface area contributed by atoms with Crippen molar-refractivity contribution in [2.75, 3.05) is 0 Å².